The normalized spacial score (nSPS) is 10.7. The highest BCUT2D eigenvalue weighted by Gasteiger charge is 2.24. The Morgan fingerprint density at radius 1 is 0.919 bits per heavy atom. The maximum atomic E-state index is 14.4. The topological polar surface area (TPSA) is 68.3 Å². The summed E-state index contributed by atoms with van der Waals surface area (Å²) in [6, 6.07) is 15.4. The minimum atomic E-state index is -0.611. The van der Waals surface area contributed by atoms with Gasteiger partial charge in [0.1, 0.15) is 12.4 Å². The average Bonchev–Trinajstić information content (AvgIpc) is 3.43. The number of nitrogens with zero attached hydrogens (tertiary/aromatic N) is 2. The van der Waals surface area contributed by atoms with Crippen LogP contribution in [-0.4, -0.2) is 69.2 Å². The van der Waals surface area contributed by atoms with Gasteiger partial charge >= 0.3 is 0 Å². The first-order valence-corrected chi connectivity index (χ1v) is 12.9. The van der Waals surface area contributed by atoms with Crippen molar-refractivity contribution in [1.29, 1.82) is 0 Å². The number of benzene rings is 2. The molecule has 0 saturated carbocycles. The monoisotopic (exact) mass is 528 g/mol. The molecule has 0 saturated heterocycles. The Hall–Kier alpha value is -3.43. The fourth-order valence-corrected chi connectivity index (χ4v) is 4.62. The molecule has 7 nitrogen and oxygen atoms in total. The average molecular weight is 529 g/mol. The molecule has 0 spiro atoms. The second kappa shape index (κ2) is 14.3. The molecular formula is C28H33FN2O5S. The lowest BCUT2D eigenvalue weighted by molar-refractivity contribution is -0.132. The van der Waals surface area contributed by atoms with E-state index in [1.54, 1.807) is 43.6 Å². The first-order chi connectivity index (χ1) is 18.0. The van der Waals surface area contributed by atoms with Crippen molar-refractivity contribution >= 4 is 23.2 Å². The van der Waals surface area contributed by atoms with E-state index in [1.165, 1.54) is 23.1 Å². The van der Waals surface area contributed by atoms with Gasteiger partial charge < -0.3 is 24.0 Å². The minimum Gasteiger partial charge on any atom is -0.493 e. The molecule has 0 unspecified atom stereocenters. The quantitative estimate of drug-likeness (QED) is 0.285. The lowest BCUT2D eigenvalue weighted by Crippen LogP contribution is -2.44. The molecule has 3 rings (SSSR count). The van der Waals surface area contributed by atoms with Gasteiger partial charge in [-0.3, -0.25) is 9.59 Å². The van der Waals surface area contributed by atoms with Crippen molar-refractivity contribution in [1.82, 2.24) is 9.80 Å². The third-order valence-electron chi connectivity index (χ3n) is 5.89. The van der Waals surface area contributed by atoms with E-state index in [-0.39, 0.29) is 24.6 Å². The number of hydrogen-bond acceptors (Lipinski definition) is 6. The number of rotatable bonds is 14. The van der Waals surface area contributed by atoms with Crippen LogP contribution in [0.2, 0.25) is 0 Å². The van der Waals surface area contributed by atoms with Crippen molar-refractivity contribution in [2.24, 2.45) is 0 Å². The number of thiophene rings is 1. The van der Waals surface area contributed by atoms with Crippen molar-refractivity contribution in [3.05, 3.63) is 81.8 Å². The maximum Gasteiger partial charge on any atom is 0.257 e. The molecule has 0 N–H and O–H groups in total. The largest absolute Gasteiger partial charge is 0.493 e. The first kappa shape index (κ1) is 28.1. The van der Waals surface area contributed by atoms with Gasteiger partial charge in [-0.2, -0.15) is 0 Å². The summed E-state index contributed by atoms with van der Waals surface area (Å²) in [6.07, 6.45) is 1.11. The molecular weight excluding hydrogens is 495 g/mol. The van der Waals surface area contributed by atoms with Gasteiger partial charge in [0.15, 0.2) is 11.5 Å². The molecule has 3 aromatic rings. The fourth-order valence-electron chi connectivity index (χ4n) is 3.90. The SMILES string of the molecule is COCCCN(CC(=O)N(CCc1ccc(OC)c(OC)c1)Cc1cccs1)C(=O)c1ccccc1F. The number of carbonyl (C=O) groups excluding carboxylic acids is 2. The third-order valence-corrected chi connectivity index (χ3v) is 6.75. The van der Waals surface area contributed by atoms with Crippen LogP contribution in [0.15, 0.2) is 60.0 Å². The van der Waals surface area contributed by atoms with Gasteiger partial charge in [-0.15, -0.1) is 11.3 Å². The molecule has 1 aromatic heterocycles. The van der Waals surface area contributed by atoms with Crippen molar-refractivity contribution in [3.8, 4) is 11.5 Å². The number of halogens is 1. The summed E-state index contributed by atoms with van der Waals surface area (Å²) in [7, 11) is 4.74. The Balaban J connectivity index is 1.78. The van der Waals surface area contributed by atoms with Crippen LogP contribution in [0.4, 0.5) is 4.39 Å². The van der Waals surface area contributed by atoms with Gasteiger partial charge in [0, 0.05) is 31.7 Å². The zero-order valence-corrected chi connectivity index (χ0v) is 22.3. The molecule has 1 heterocycles. The van der Waals surface area contributed by atoms with Crippen molar-refractivity contribution in [2.75, 3.05) is 47.6 Å². The van der Waals surface area contributed by atoms with Crippen molar-refractivity contribution in [3.63, 3.8) is 0 Å². The van der Waals surface area contributed by atoms with Crippen LogP contribution < -0.4 is 9.47 Å². The van der Waals surface area contributed by atoms with E-state index in [9.17, 15) is 14.0 Å². The van der Waals surface area contributed by atoms with Crippen LogP contribution in [0.5, 0.6) is 11.5 Å². The van der Waals surface area contributed by atoms with Crippen LogP contribution in [0.25, 0.3) is 0 Å². The minimum absolute atomic E-state index is 0.0529. The molecule has 0 fully saturated rings. The van der Waals surface area contributed by atoms with Crippen LogP contribution in [-0.2, 0) is 22.5 Å². The van der Waals surface area contributed by atoms with Crippen LogP contribution >= 0.6 is 11.3 Å². The zero-order valence-electron chi connectivity index (χ0n) is 21.4. The molecule has 37 heavy (non-hydrogen) atoms. The van der Waals surface area contributed by atoms with E-state index in [4.69, 9.17) is 14.2 Å². The molecule has 0 aliphatic heterocycles. The van der Waals surface area contributed by atoms with Gasteiger partial charge in [0.2, 0.25) is 5.91 Å². The standard InChI is InChI=1S/C28H33FN2O5S/c1-34-16-7-14-31(28(33)23-9-4-5-10-24(23)29)20-27(32)30(19-22-8-6-17-37-22)15-13-21-11-12-25(35-2)26(18-21)36-3/h4-6,8-12,17-18H,7,13-16,19-20H2,1-3H3. The lowest BCUT2D eigenvalue weighted by Gasteiger charge is -2.28. The number of carbonyl (C=O) groups is 2. The Kier molecular flexibility index (Phi) is 10.9. The second-order valence-electron chi connectivity index (χ2n) is 8.39. The predicted octanol–water partition coefficient (Wildman–Crippen LogP) is 4.65. The molecule has 2 amide bonds. The number of methoxy groups -OCH3 is 3. The number of amides is 2. The summed E-state index contributed by atoms with van der Waals surface area (Å²) in [5, 5.41) is 1.96. The molecule has 2 aromatic carbocycles. The van der Waals surface area contributed by atoms with Crippen LogP contribution in [0.1, 0.15) is 27.2 Å². The summed E-state index contributed by atoms with van der Waals surface area (Å²) >= 11 is 1.57. The second-order valence-corrected chi connectivity index (χ2v) is 9.42. The van der Waals surface area contributed by atoms with Crippen molar-refractivity contribution in [2.45, 2.75) is 19.4 Å². The van der Waals surface area contributed by atoms with Gasteiger partial charge in [0.05, 0.1) is 26.3 Å². The zero-order chi connectivity index (χ0) is 26.6. The predicted molar refractivity (Wildman–Crippen MR) is 142 cm³/mol. The number of hydrogen-bond donors (Lipinski definition) is 0. The van der Waals surface area contributed by atoms with E-state index in [1.807, 2.05) is 35.7 Å². The molecule has 0 radical (unpaired) electrons. The van der Waals surface area contributed by atoms with Gasteiger partial charge in [-0.1, -0.05) is 24.3 Å². The van der Waals surface area contributed by atoms with Crippen LogP contribution in [0.3, 0.4) is 0 Å². The summed E-state index contributed by atoms with van der Waals surface area (Å²) in [6.45, 7) is 1.40. The van der Waals surface area contributed by atoms with Gasteiger partial charge in [-0.25, -0.2) is 4.39 Å². The molecule has 0 atom stereocenters. The van der Waals surface area contributed by atoms with Gasteiger partial charge in [0.25, 0.3) is 5.91 Å². The number of ether oxygens (including phenoxy) is 3. The first-order valence-electron chi connectivity index (χ1n) is 12.0. The van der Waals surface area contributed by atoms with E-state index >= 15 is 0 Å². The van der Waals surface area contributed by atoms with E-state index < -0.39 is 11.7 Å². The highest BCUT2D eigenvalue weighted by Crippen LogP contribution is 2.28. The van der Waals surface area contributed by atoms with Gasteiger partial charge in [-0.05, 0) is 54.1 Å². The smallest absolute Gasteiger partial charge is 0.257 e. The Morgan fingerprint density at radius 3 is 2.38 bits per heavy atom. The molecule has 0 aliphatic rings. The summed E-state index contributed by atoms with van der Waals surface area (Å²) in [5.41, 5.74) is 0.934. The van der Waals surface area contributed by atoms with Crippen molar-refractivity contribution < 1.29 is 28.2 Å². The molecule has 0 bridgehead atoms. The Labute approximate surface area is 221 Å². The summed E-state index contributed by atoms with van der Waals surface area (Å²) in [5.74, 6) is -0.0813. The molecule has 0 aliphatic carbocycles. The van der Waals surface area contributed by atoms with E-state index in [0.29, 0.717) is 44.0 Å². The van der Waals surface area contributed by atoms with E-state index in [2.05, 4.69) is 0 Å². The molecule has 9 heteroatoms. The summed E-state index contributed by atoms with van der Waals surface area (Å²) in [4.78, 5) is 30.9. The Morgan fingerprint density at radius 2 is 1.70 bits per heavy atom. The highest BCUT2D eigenvalue weighted by molar-refractivity contribution is 7.09. The highest BCUT2D eigenvalue weighted by atomic mass is 32.1. The Bertz CT molecular complexity index is 1160. The maximum absolute atomic E-state index is 14.4. The third kappa shape index (κ3) is 8.03. The lowest BCUT2D eigenvalue weighted by atomic mass is 10.1. The summed E-state index contributed by atoms with van der Waals surface area (Å²) < 4.78 is 30.2. The fraction of sp³-hybridized carbons (Fsp3) is 0.357. The van der Waals surface area contributed by atoms with E-state index in [0.717, 1.165) is 10.4 Å². The van der Waals surface area contributed by atoms with Crippen LogP contribution in [0, 0.1) is 5.82 Å². The molecule has 198 valence electrons.